The smallest absolute Gasteiger partial charge is 0.223 e. The Labute approximate surface area is 138 Å². The molecule has 23 heavy (non-hydrogen) atoms. The molecular formula is C18H27N5. The maximum Gasteiger partial charge on any atom is 0.223 e. The zero-order valence-electron chi connectivity index (χ0n) is 14.1. The molecule has 0 radical (unpaired) electrons. The van der Waals surface area contributed by atoms with Crippen LogP contribution in [0.25, 0.3) is 11.1 Å². The van der Waals surface area contributed by atoms with Crippen LogP contribution in [0.3, 0.4) is 0 Å². The molecule has 0 amide bonds. The van der Waals surface area contributed by atoms with Gasteiger partial charge in [-0.3, -0.25) is 0 Å². The lowest BCUT2D eigenvalue weighted by Gasteiger charge is -2.26. The lowest BCUT2D eigenvalue weighted by Crippen LogP contribution is -2.28. The molecule has 0 saturated carbocycles. The van der Waals surface area contributed by atoms with E-state index in [9.17, 15) is 0 Å². The fraction of sp³-hybridized carbons (Fsp3) is 0.444. The Hall–Kier alpha value is -2.30. The highest BCUT2D eigenvalue weighted by molar-refractivity contribution is 5.84. The van der Waals surface area contributed by atoms with E-state index in [4.69, 9.17) is 11.5 Å². The van der Waals surface area contributed by atoms with Crippen LogP contribution in [0.5, 0.6) is 0 Å². The minimum Gasteiger partial charge on any atom is -0.383 e. The number of unbranched alkanes of at least 4 members (excludes halogenated alkanes) is 2. The molecule has 0 saturated heterocycles. The SMILES string of the molecule is CCCCN(CCCC)c1nc(N)nc(N)c1-c1ccccc1. The van der Waals surface area contributed by atoms with Gasteiger partial charge in [-0.25, -0.2) is 0 Å². The molecule has 1 aromatic heterocycles. The molecule has 0 aliphatic rings. The molecule has 5 nitrogen and oxygen atoms in total. The zero-order valence-corrected chi connectivity index (χ0v) is 14.1. The van der Waals surface area contributed by atoms with Gasteiger partial charge in [0, 0.05) is 13.1 Å². The Morgan fingerprint density at radius 3 is 2.09 bits per heavy atom. The van der Waals surface area contributed by atoms with Crippen LogP contribution >= 0.6 is 0 Å². The summed E-state index contributed by atoms with van der Waals surface area (Å²) in [7, 11) is 0. The van der Waals surface area contributed by atoms with E-state index in [0.717, 1.165) is 55.7 Å². The number of nitrogen functional groups attached to an aromatic ring is 2. The first-order chi connectivity index (χ1) is 11.2. The van der Waals surface area contributed by atoms with Crippen molar-refractivity contribution in [1.82, 2.24) is 9.97 Å². The standard InChI is InChI=1S/C18H27N5/c1-3-5-12-23(13-6-4-2)17-15(14-10-8-7-9-11-14)16(19)21-18(20)22-17/h7-11H,3-6,12-13H2,1-2H3,(H4,19,20,21,22). The monoisotopic (exact) mass is 313 g/mol. The summed E-state index contributed by atoms with van der Waals surface area (Å²) in [6.45, 7) is 6.29. The summed E-state index contributed by atoms with van der Waals surface area (Å²) in [6, 6.07) is 10.1. The third kappa shape index (κ3) is 4.34. The third-order valence-corrected chi connectivity index (χ3v) is 3.86. The Bertz CT molecular complexity index is 604. The van der Waals surface area contributed by atoms with Crippen LogP contribution in [0.4, 0.5) is 17.6 Å². The van der Waals surface area contributed by atoms with Crippen molar-refractivity contribution < 1.29 is 0 Å². The average molecular weight is 313 g/mol. The molecule has 0 aliphatic heterocycles. The number of rotatable bonds is 8. The highest BCUT2D eigenvalue weighted by Gasteiger charge is 2.18. The molecule has 124 valence electrons. The van der Waals surface area contributed by atoms with Crippen molar-refractivity contribution in [3.8, 4) is 11.1 Å². The molecule has 0 fully saturated rings. The van der Waals surface area contributed by atoms with E-state index < -0.39 is 0 Å². The van der Waals surface area contributed by atoms with E-state index in [2.05, 4.69) is 28.7 Å². The summed E-state index contributed by atoms with van der Waals surface area (Å²) in [5.41, 5.74) is 14.0. The molecule has 0 unspecified atom stereocenters. The molecule has 0 aliphatic carbocycles. The average Bonchev–Trinajstić information content (AvgIpc) is 2.55. The third-order valence-electron chi connectivity index (χ3n) is 3.86. The number of hydrogen-bond donors (Lipinski definition) is 2. The van der Waals surface area contributed by atoms with Crippen LogP contribution in [-0.2, 0) is 0 Å². The van der Waals surface area contributed by atoms with E-state index in [1.165, 1.54) is 0 Å². The summed E-state index contributed by atoms with van der Waals surface area (Å²) >= 11 is 0. The Morgan fingerprint density at radius 1 is 0.913 bits per heavy atom. The lowest BCUT2D eigenvalue weighted by atomic mass is 10.1. The second kappa shape index (κ2) is 8.36. The van der Waals surface area contributed by atoms with E-state index >= 15 is 0 Å². The minimum atomic E-state index is 0.232. The fourth-order valence-corrected chi connectivity index (χ4v) is 2.62. The number of nitrogens with two attached hydrogens (primary N) is 2. The topological polar surface area (TPSA) is 81.1 Å². The van der Waals surface area contributed by atoms with Crippen LogP contribution in [0, 0.1) is 0 Å². The quantitative estimate of drug-likeness (QED) is 0.776. The van der Waals surface area contributed by atoms with Crippen molar-refractivity contribution in [2.75, 3.05) is 29.5 Å². The van der Waals surface area contributed by atoms with E-state index in [1.54, 1.807) is 0 Å². The Morgan fingerprint density at radius 2 is 1.52 bits per heavy atom. The maximum absolute atomic E-state index is 6.19. The second-order valence-electron chi connectivity index (χ2n) is 5.73. The van der Waals surface area contributed by atoms with Gasteiger partial charge >= 0.3 is 0 Å². The van der Waals surface area contributed by atoms with E-state index in [-0.39, 0.29) is 5.95 Å². The number of anilines is 3. The van der Waals surface area contributed by atoms with Gasteiger partial charge in [0.25, 0.3) is 0 Å². The van der Waals surface area contributed by atoms with Gasteiger partial charge in [0.05, 0.1) is 5.56 Å². The fourth-order valence-electron chi connectivity index (χ4n) is 2.62. The molecule has 0 bridgehead atoms. The van der Waals surface area contributed by atoms with Gasteiger partial charge in [0.1, 0.15) is 11.6 Å². The molecule has 2 rings (SSSR count). The van der Waals surface area contributed by atoms with Gasteiger partial charge in [-0.2, -0.15) is 9.97 Å². The highest BCUT2D eigenvalue weighted by Crippen LogP contribution is 2.34. The first-order valence-corrected chi connectivity index (χ1v) is 8.40. The number of benzene rings is 1. The number of nitrogens with zero attached hydrogens (tertiary/aromatic N) is 3. The van der Waals surface area contributed by atoms with Gasteiger partial charge in [-0.15, -0.1) is 0 Å². The van der Waals surface area contributed by atoms with Crippen LogP contribution in [0.1, 0.15) is 39.5 Å². The molecule has 2 aromatic rings. The van der Waals surface area contributed by atoms with Crippen molar-refractivity contribution in [1.29, 1.82) is 0 Å². The normalized spacial score (nSPS) is 10.7. The lowest BCUT2D eigenvalue weighted by molar-refractivity contribution is 0.672. The summed E-state index contributed by atoms with van der Waals surface area (Å²) < 4.78 is 0. The number of hydrogen-bond acceptors (Lipinski definition) is 5. The van der Waals surface area contributed by atoms with Gasteiger partial charge in [0.2, 0.25) is 5.95 Å². The Kier molecular flexibility index (Phi) is 6.20. The molecule has 4 N–H and O–H groups in total. The van der Waals surface area contributed by atoms with Crippen molar-refractivity contribution in [2.45, 2.75) is 39.5 Å². The highest BCUT2D eigenvalue weighted by atomic mass is 15.2. The minimum absolute atomic E-state index is 0.232. The van der Waals surface area contributed by atoms with Crippen LogP contribution in [0.15, 0.2) is 30.3 Å². The zero-order chi connectivity index (χ0) is 16.7. The number of aromatic nitrogens is 2. The summed E-state index contributed by atoms with van der Waals surface area (Å²) in [4.78, 5) is 11.0. The van der Waals surface area contributed by atoms with Gasteiger partial charge in [0.15, 0.2) is 0 Å². The summed E-state index contributed by atoms with van der Waals surface area (Å²) in [5.74, 6) is 1.52. The van der Waals surface area contributed by atoms with E-state index in [1.807, 2.05) is 30.3 Å². The van der Waals surface area contributed by atoms with Crippen LogP contribution in [0.2, 0.25) is 0 Å². The van der Waals surface area contributed by atoms with E-state index in [0.29, 0.717) is 5.82 Å². The Balaban J connectivity index is 2.49. The molecule has 5 heteroatoms. The largest absolute Gasteiger partial charge is 0.383 e. The van der Waals surface area contributed by atoms with Gasteiger partial charge in [-0.1, -0.05) is 57.0 Å². The molecular weight excluding hydrogens is 286 g/mol. The van der Waals surface area contributed by atoms with Crippen molar-refractivity contribution in [3.63, 3.8) is 0 Å². The van der Waals surface area contributed by atoms with Crippen molar-refractivity contribution in [3.05, 3.63) is 30.3 Å². The molecule has 1 heterocycles. The van der Waals surface area contributed by atoms with Crippen LogP contribution in [-0.4, -0.2) is 23.1 Å². The molecule has 0 atom stereocenters. The first kappa shape index (κ1) is 17.1. The molecule has 0 spiro atoms. The van der Waals surface area contributed by atoms with Crippen molar-refractivity contribution >= 4 is 17.6 Å². The first-order valence-electron chi connectivity index (χ1n) is 8.40. The maximum atomic E-state index is 6.19. The van der Waals surface area contributed by atoms with Crippen LogP contribution < -0.4 is 16.4 Å². The molecule has 1 aromatic carbocycles. The summed E-state index contributed by atoms with van der Waals surface area (Å²) in [5, 5.41) is 0. The predicted octanol–water partition coefficient (Wildman–Crippen LogP) is 3.71. The summed E-state index contributed by atoms with van der Waals surface area (Å²) in [6.07, 6.45) is 4.50. The van der Waals surface area contributed by atoms with Gasteiger partial charge < -0.3 is 16.4 Å². The van der Waals surface area contributed by atoms with Gasteiger partial charge in [-0.05, 0) is 18.4 Å². The van der Waals surface area contributed by atoms with Crippen molar-refractivity contribution in [2.24, 2.45) is 0 Å². The second-order valence-corrected chi connectivity index (χ2v) is 5.73. The predicted molar refractivity (Wildman–Crippen MR) is 98.3 cm³/mol.